The van der Waals surface area contributed by atoms with Crippen LogP contribution in [0.1, 0.15) is 11.5 Å². The van der Waals surface area contributed by atoms with Gasteiger partial charge in [0.25, 0.3) is 0 Å². The third-order valence-electron chi connectivity index (χ3n) is 4.74. The summed E-state index contributed by atoms with van der Waals surface area (Å²) in [6.45, 7) is 3.82. The van der Waals surface area contributed by atoms with Crippen LogP contribution < -0.4 is 4.74 Å². The molecule has 0 aliphatic heterocycles. The van der Waals surface area contributed by atoms with Crippen LogP contribution in [0, 0.1) is 13.8 Å². The minimum atomic E-state index is 0.734. The molecule has 0 aliphatic carbocycles. The van der Waals surface area contributed by atoms with Gasteiger partial charge in [0, 0.05) is 28.9 Å². The lowest BCUT2D eigenvalue weighted by Gasteiger charge is -2.09. The second-order valence-corrected chi connectivity index (χ2v) is 6.31. The van der Waals surface area contributed by atoms with Crippen molar-refractivity contribution in [3.63, 3.8) is 0 Å². The van der Waals surface area contributed by atoms with Gasteiger partial charge in [-0.1, -0.05) is 5.16 Å². The second kappa shape index (κ2) is 5.66. The molecule has 0 saturated heterocycles. The van der Waals surface area contributed by atoms with Crippen LogP contribution in [0.2, 0.25) is 0 Å². The maximum atomic E-state index is 5.69. The SMILES string of the molecule is COc1cc2c(cc1-c1c(C)noc1C)[nH]c1ncnc(-n3ccnc3)c12. The number of imidazole rings is 1. The first-order valence-corrected chi connectivity index (χ1v) is 8.43. The average Bonchev–Trinajstić information content (AvgIpc) is 3.39. The van der Waals surface area contributed by atoms with Crippen molar-refractivity contribution in [2.45, 2.75) is 13.8 Å². The maximum Gasteiger partial charge on any atom is 0.151 e. The number of benzene rings is 1. The highest BCUT2D eigenvalue weighted by Gasteiger charge is 2.20. The first-order chi connectivity index (χ1) is 13.2. The number of ether oxygens (including phenoxy) is 1. The van der Waals surface area contributed by atoms with Gasteiger partial charge in [-0.15, -0.1) is 0 Å². The minimum Gasteiger partial charge on any atom is -0.496 e. The molecular formula is C19H16N6O2. The number of fused-ring (bicyclic) bond motifs is 3. The Morgan fingerprint density at radius 1 is 1.19 bits per heavy atom. The van der Waals surface area contributed by atoms with Crippen molar-refractivity contribution in [3.05, 3.63) is 48.6 Å². The predicted octanol–water partition coefficient (Wildman–Crippen LogP) is 3.58. The molecule has 0 amide bonds. The summed E-state index contributed by atoms with van der Waals surface area (Å²) < 4.78 is 12.9. The van der Waals surface area contributed by atoms with E-state index >= 15 is 0 Å². The molecule has 5 aromatic rings. The molecule has 0 atom stereocenters. The van der Waals surface area contributed by atoms with Gasteiger partial charge in [-0.05, 0) is 26.0 Å². The summed E-state index contributed by atoms with van der Waals surface area (Å²) in [6, 6.07) is 4.04. The molecule has 0 spiro atoms. The zero-order valence-electron chi connectivity index (χ0n) is 15.0. The number of aromatic nitrogens is 6. The molecule has 0 aliphatic rings. The summed E-state index contributed by atoms with van der Waals surface area (Å²) >= 11 is 0. The zero-order chi connectivity index (χ0) is 18.5. The van der Waals surface area contributed by atoms with Crippen molar-refractivity contribution in [2.75, 3.05) is 7.11 Å². The monoisotopic (exact) mass is 360 g/mol. The molecule has 4 heterocycles. The van der Waals surface area contributed by atoms with E-state index in [1.165, 1.54) is 0 Å². The second-order valence-electron chi connectivity index (χ2n) is 6.31. The number of methoxy groups -OCH3 is 1. The van der Waals surface area contributed by atoms with Gasteiger partial charge in [0.05, 0.1) is 23.8 Å². The highest BCUT2D eigenvalue weighted by atomic mass is 16.5. The highest BCUT2D eigenvalue weighted by molar-refractivity contribution is 6.11. The first-order valence-electron chi connectivity index (χ1n) is 8.43. The molecule has 0 saturated carbocycles. The van der Waals surface area contributed by atoms with Crippen molar-refractivity contribution in [1.82, 2.24) is 29.7 Å². The van der Waals surface area contributed by atoms with Crippen LogP contribution in [-0.4, -0.2) is 36.8 Å². The molecular weight excluding hydrogens is 344 g/mol. The fraction of sp³-hybridized carbons (Fsp3) is 0.158. The van der Waals surface area contributed by atoms with E-state index in [1.54, 1.807) is 26.0 Å². The molecule has 0 fully saturated rings. The number of aromatic amines is 1. The topological polar surface area (TPSA) is 94.7 Å². The molecule has 8 nitrogen and oxygen atoms in total. The molecule has 27 heavy (non-hydrogen) atoms. The Hall–Kier alpha value is -3.68. The van der Waals surface area contributed by atoms with Crippen molar-refractivity contribution in [2.24, 2.45) is 0 Å². The number of H-pyrrole nitrogens is 1. The number of hydrogen-bond donors (Lipinski definition) is 1. The Kier molecular flexibility index (Phi) is 3.27. The molecule has 5 rings (SSSR count). The lowest BCUT2D eigenvalue weighted by molar-refractivity contribution is 0.393. The van der Waals surface area contributed by atoms with Crippen LogP contribution in [0.4, 0.5) is 0 Å². The number of hydrogen-bond acceptors (Lipinski definition) is 6. The minimum absolute atomic E-state index is 0.734. The molecule has 0 bridgehead atoms. The van der Waals surface area contributed by atoms with E-state index in [9.17, 15) is 0 Å². The van der Waals surface area contributed by atoms with Crippen LogP contribution in [0.3, 0.4) is 0 Å². The summed E-state index contributed by atoms with van der Waals surface area (Å²) in [5.74, 6) is 2.24. The van der Waals surface area contributed by atoms with Gasteiger partial charge in [0.15, 0.2) is 5.82 Å². The summed E-state index contributed by atoms with van der Waals surface area (Å²) in [4.78, 5) is 16.4. The van der Waals surface area contributed by atoms with E-state index in [2.05, 4.69) is 25.1 Å². The van der Waals surface area contributed by atoms with Crippen molar-refractivity contribution in [3.8, 4) is 22.7 Å². The van der Waals surface area contributed by atoms with Gasteiger partial charge in [0.1, 0.15) is 29.8 Å². The van der Waals surface area contributed by atoms with Crippen molar-refractivity contribution >= 4 is 21.9 Å². The lowest BCUT2D eigenvalue weighted by atomic mass is 10.0. The Balaban J connectivity index is 1.86. The van der Waals surface area contributed by atoms with Crippen molar-refractivity contribution < 1.29 is 9.26 Å². The van der Waals surface area contributed by atoms with E-state index in [-0.39, 0.29) is 0 Å². The first kappa shape index (κ1) is 15.6. The van der Waals surface area contributed by atoms with Crippen LogP contribution in [0.15, 0.2) is 41.7 Å². The number of aryl methyl sites for hydroxylation is 2. The molecule has 0 radical (unpaired) electrons. The van der Waals surface area contributed by atoms with Gasteiger partial charge in [-0.25, -0.2) is 15.0 Å². The number of nitrogens with zero attached hydrogens (tertiary/aromatic N) is 5. The van der Waals surface area contributed by atoms with Crippen LogP contribution >= 0.6 is 0 Å². The average molecular weight is 360 g/mol. The quantitative estimate of drug-likeness (QED) is 0.528. The summed E-state index contributed by atoms with van der Waals surface area (Å²) in [5.41, 5.74) is 4.36. The van der Waals surface area contributed by atoms with Gasteiger partial charge in [-0.3, -0.25) is 4.57 Å². The smallest absolute Gasteiger partial charge is 0.151 e. The lowest BCUT2D eigenvalue weighted by Crippen LogP contribution is -1.96. The molecule has 4 aromatic heterocycles. The van der Waals surface area contributed by atoms with E-state index in [1.807, 2.05) is 36.7 Å². The van der Waals surface area contributed by atoms with E-state index in [4.69, 9.17) is 9.26 Å². The maximum absolute atomic E-state index is 5.69. The Labute approximate surface area is 153 Å². The molecule has 1 aromatic carbocycles. The highest BCUT2D eigenvalue weighted by Crippen LogP contribution is 2.40. The molecule has 1 N–H and O–H groups in total. The Morgan fingerprint density at radius 2 is 2.07 bits per heavy atom. The number of nitrogens with one attached hydrogen (secondary N) is 1. The number of rotatable bonds is 3. The van der Waals surface area contributed by atoms with Gasteiger partial charge < -0.3 is 14.2 Å². The zero-order valence-corrected chi connectivity index (χ0v) is 15.0. The van der Waals surface area contributed by atoms with Gasteiger partial charge >= 0.3 is 0 Å². The van der Waals surface area contributed by atoms with E-state index in [0.717, 1.165) is 56.1 Å². The summed E-state index contributed by atoms with van der Waals surface area (Å²) in [6.07, 6.45) is 6.84. The Morgan fingerprint density at radius 3 is 2.78 bits per heavy atom. The fourth-order valence-electron chi connectivity index (χ4n) is 3.55. The summed E-state index contributed by atoms with van der Waals surface area (Å²) in [7, 11) is 1.66. The Bertz CT molecular complexity index is 1260. The van der Waals surface area contributed by atoms with Crippen LogP contribution in [-0.2, 0) is 0 Å². The third kappa shape index (κ3) is 2.23. The summed E-state index contributed by atoms with van der Waals surface area (Å²) in [5, 5.41) is 5.95. The van der Waals surface area contributed by atoms with Gasteiger partial charge in [-0.2, -0.15) is 0 Å². The standard InChI is InChI=1S/C19H16N6O2/c1-10-16(11(2)27-24-10)13-6-14-12(7-15(13)26-3)17-18(23-14)21-8-22-19(17)25-5-4-20-9-25/h4-9H,1-3H3,(H,21,22,23). The normalized spacial score (nSPS) is 11.5. The molecule has 0 unspecified atom stereocenters. The fourth-order valence-corrected chi connectivity index (χ4v) is 3.55. The van der Waals surface area contributed by atoms with Crippen LogP contribution in [0.5, 0.6) is 5.75 Å². The van der Waals surface area contributed by atoms with E-state index in [0.29, 0.717) is 0 Å². The third-order valence-corrected chi connectivity index (χ3v) is 4.74. The molecule has 8 heteroatoms. The van der Waals surface area contributed by atoms with Gasteiger partial charge in [0.2, 0.25) is 0 Å². The molecule has 134 valence electrons. The van der Waals surface area contributed by atoms with Crippen molar-refractivity contribution in [1.29, 1.82) is 0 Å². The largest absolute Gasteiger partial charge is 0.496 e. The van der Waals surface area contributed by atoms with Crippen LogP contribution in [0.25, 0.3) is 38.9 Å². The predicted molar refractivity (Wildman–Crippen MR) is 100 cm³/mol. The van der Waals surface area contributed by atoms with E-state index < -0.39 is 0 Å².